The summed E-state index contributed by atoms with van der Waals surface area (Å²) in [7, 11) is 0. The number of hydrogen-bond acceptors (Lipinski definition) is 4. The summed E-state index contributed by atoms with van der Waals surface area (Å²) in [6, 6.07) is 4.73. The molecule has 3 saturated heterocycles. The molecule has 3 aliphatic heterocycles. The molecule has 2 aromatic rings. The summed E-state index contributed by atoms with van der Waals surface area (Å²) in [6.45, 7) is 2.91. The smallest absolute Gasteiger partial charge is 0.300 e. The number of urea groups is 1. The molecular weight excluding hydrogens is 354 g/mol. The van der Waals surface area contributed by atoms with Gasteiger partial charge < -0.3 is 4.90 Å². The van der Waals surface area contributed by atoms with E-state index in [-0.39, 0.29) is 11.9 Å². The third-order valence-electron chi connectivity index (χ3n) is 6.61. The number of hydrogen-bond donors (Lipinski definition) is 1. The third-order valence-corrected chi connectivity index (χ3v) is 6.61. The van der Waals surface area contributed by atoms with Crippen molar-refractivity contribution in [3.05, 3.63) is 30.1 Å². The molecule has 1 N–H and O–H groups in total. The van der Waals surface area contributed by atoms with Crippen LogP contribution in [0.3, 0.4) is 0 Å². The van der Waals surface area contributed by atoms with E-state index < -0.39 is 0 Å². The van der Waals surface area contributed by atoms with Gasteiger partial charge in [0.15, 0.2) is 0 Å². The molecule has 3 fully saturated rings. The van der Waals surface area contributed by atoms with E-state index in [0.717, 1.165) is 29.6 Å². The Morgan fingerprint density at radius 1 is 1.14 bits per heavy atom. The normalized spacial score (nSPS) is 26.4. The quantitative estimate of drug-likeness (QED) is 0.887. The molecule has 0 aromatic carbocycles. The topological polar surface area (TPSA) is 70.0 Å². The highest BCUT2D eigenvalue weighted by molar-refractivity contribution is 6.07. The van der Waals surface area contributed by atoms with Crippen LogP contribution < -0.4 is 10.2 Å². The van der Waals surface area contributed by atoms with Crippen molar-refractivity contribution in [3.63, 3.8) is 0 Å². The lowest BCUT2D eigenvalue weighted by atomic mass is 9.83. The van der Waals surface area contributed by atoms with E-state index >= 15 is 0 Å². The highest BCUT2D eigenvalue weighted by atomic mass is 16.2. The van der Waals surface area contributed by atoms with Crippen molar-refractivity contribution in [1.82, 2.24) is 19.8 Å². The van der Waals surface area contributed by atoms with Crippen LogP contribution in [0.25, 0.3) is 5.52 Å². The summed E-state index contributed by atoms with van der Waals surface area (Å²) < 4.78 is 1.81. The maximum absolute atomic E-state index is 12.2. The number of pyridine rings is 1. The molecule has 148 valence electrons. The van der Waals surface area contributed by atoms with Crippen LogP contribution in [0, 0.1) is 5.92 Å². The molecule has 0 saturated carbocycles. The molecule has 7 nitrogen and oxygen atoms in total. The Kier molecular flexibility index (Phi) is 4.55. The monoisotopic (exact) mass is 381 g/mol. The van der Waals surface area contributed by atoms with Crippen LogP contribution in [-0.2, 0) is 11.2 Å². The van der Waals surface area contributed by atoms with Gasteiger partial charge in [0.2, 0.25) is 5.91 Å². The Hall–Kier alpha value is -2.41. The van der Waals surface area contributed by atoms with Crippen molar-refractivity contribution in [2.45, 2.75) is 51.0 Å². The van der Waals surface area contributed by atoms with Gasteiger partial charge in [-0.15, -0.1) is 0 Å². The average Bonchev–Trinajstić information content (AvgIpc) is 3.11. The van der Waals surface area contributed by atoms with Crippen LogP contribution in [0.2, 0.25) is 0 Å². The number of carbonyl (C=O) groups excluding carboxylic acids is 2. The lowest BCUT2D eigenvalue weighted by molar-refractivity contribution is -0.120. The Morgan fingerprint density at radius 2 is 2.07 bits per heavy atom. The molecule has 1 unspecified atom stereocenters. The molecule has 0 bridgehead atoms. The molecule has 0 spiro atoms. The predicted molar refractivity (Wildman–Crippen MR) is 106 cm³/mol. The summed E-state index contributed by atoms with van der Waals surface area (Å²) in [6.07, 6.45) is 11.8. The molecule has 0 aliphatic carbocycles. The van der Waals surface area contributed by atoms with Crippen molar-refractivity contribution in [2.75, 3.05) is 24.5 Å². The molecule has 3 aliphatic rings. The zero-order chi connectivity index (χ0) is 19.1. The Balaban J connectivity index is 1.35. The minimum Gasteiger partial charge on any atom is -0.300 e. The molecule has 0 radical (unpaired) electrons. The highest BCUT2D eigenvalue weighted by Crippen LogP contribution is 2.32. The van der Waals surface area contributed by atoms with Crippen LogP contribution in [0.5, 0.6) is 0 Å². The molecule has 5 heterocycles. The van der Waals surface area contributed by atoms with Gasteiger partial charge in [-0.25, -0.2) is 9.31 Å². The van der Waals surface area contributed by atoms with Gasteiger partial charge in [0.05, 0.1) is 17.4 Å². The third kappa shape index (κ3) is 3.28. The van der Waals surface area contributed by atoms with Crippen molar-refractivity contribution in [3.8, 4) is 0 Å². The summed E-state index contributed by atoms with van der Waals surface area (Å²) in [5.74, 6) is 0.511. The van der Waals surface area contributed by atoms with Crippen molar-refractivity contribution >= 4 is 23.1 Å². The van der Waals surface area contributed by atoms with Crippen LogP contribution in [0.4, 0.5) is 10.5 Å². The molecule has 2 atom stereocenters. The van der Waals surface area contributed by atoms with E-state index in [0.29, 0.717) is 13.0 Å². The summed E-state index contributed by atoms with van der Waals surface area (Å²) >= 11 is 0. The van der Waals surface area contributed by atoms with Gasteiger partial charge in [-0.05, 0) is 68.8 Å². The van der Waals surface area contributed by atoms with Crippen molar-refractivity contribution in [1.29, 1.82) is 0 Å². The van der Waals surface area contributed by atoms with Gasteiger partial charge in [-0.1, -0.05) is 6.42 Å². The number of aromatic nitrogens is 2. The fourth-order valence-corrected chi connectivity index (χ4v) is 5.13. The number of nitrogens with one attached hydrogen (secondary N) is 1. The number of piperidine rings is 2. The fraction of sp³-hybridized carbons (Fsp3) is 0.571. The zero-order valence-electron chi connectivity index (χ0n) is 16.1. The van der Waals surface area contributed by atoms with Crippen LogP contribution in [0.15, 0.2) is 24.5 Å². The zero-order valence-corrected chi connectivity index (χ0v) is 16.1. The van der Waals surface area contributed by atoms with Gasteiger partial charge in [0.1, 0.15) is 0 Å². The first kappa shape index (κ1) is 17.7. The van der Waals surface area contributed by atoms with E-state index in [1.807, 2.05) is 10.7 Å². The standard InChI is InChI=1S/C21H27N5O2/c27-20-6-9-25(21(28)23-20)19-14-22-26-10-5-16(13-18(19)26)11-15-4-8-24-7-2-1-3-17(24)12-15/h5,10,13-15,17H,1-4,6-9,11-12H2,(H,23,27,28)/t15?,17-/m1/s1. The number of amides is 3. The van der Waals surface area contributed by atoms with Crippen molar-refractivity contribution < 1.29 is 9.59 Å². The second-order valence-corrected chi connectivity index (χ2v) is 8.43. The van der Waals surface area contributed by atoms with E-state index in [4.69, 9.17) is 0 Å². The number of fused-ring (bicyclic) bond motifs is 2. The Morgan fingerprint density at radius 3 is 2.96 bits per heavy atom. The molecular formula is C21H27N5O2. The lowest BCUT2D eigenvalue weighted by Gasteiger charge is -2.42. The number of carbonyl (C=O) groups is 2. The molecule has 5 rings (SSSR count). The number of rotatable bonds is 3. The van der Waals surface area contributed by atoms with Crippen LogP contribution in [-0.4, -0.2) is 52.1 Å². The van der Waals surface area contributed by atoms with E-state index in [1.165, 1.54) is 50.8 Å². The van der Waals surface area contributed by atoms with Crippen molar-refractivity contribution in [2.24, 2.45) is 5.92 Å². The number of nitrogens with zero attached hydrogens (tertiary/aromatic N) is 4. The summed E-state index contributed by atoms with van der Waals surface area (Å²) in [5.41, 5.74) is 3.00. The summed E-state index contributed by atoms with van der Waals surface area (Å²) in [5, 5.41) is 6.79. The first-order valence-electron chi connectivity index (χ1n) is 10.5. The largest absolute Gasteiger partial charge is 0.328 e. The maximum atomic E-state index is 12.2. The van der Waals surface area contributed by atoms with E-state index in [2.05, 4.69) is 27.4 Å². The maximum Gasteiger partial charge on any atom is 0.328 e. The van der Waals surface area contributed by atoms with Gasteiger partial charge >= 0.3 is 6.03 Å². The number of anilines is 1. The van der Waals surface area contributed by atoms with Gasteiger partial charge in [0.25, 0.3) is 0 Å². The van der Waals surface area contributed by atoms with Crippen LogP contribution in [0.1, 0.15) is 44.1 Å². The second-order valence-electron chi connectivity index (χ2n) is 8.43. The molecule has 28 heavy (non-hydrogen) atoms. The van der Waals surface area contributed by atoms with Gasteiger partial charge in [-0.2, -0.15) is 5.10 Å². The first-order chi connectivity index (χ1) is 13.7. The van der Waals surface area contributed by atoms with E-state index in [1.54, 1.807) is 11.1 Å². The lowest BCUT2D eigenvalue weighted by Crippen LogP contribution is -2.49. The second kappa shape index (κ2) is 7.20. The van der Waals surface area contributed by atoms with Crippen LogP contribution >= 0.6 is 0 Å². The molecule has 2 aromatic heterocycles. The Labute approximate surface area is 164 Å². The number of imide groups is 1. The first-order valence-corrected chi connectivity index (χ1v) is 10.5. The van der Waals surface area contributed by atoms with E-state index in [9.17, 15) is 9.59 Å². The highest BCUT2D eigenvalue weighted by Gasteiger charge is 2.30. The van der Waals surface area contributed by atoms with Gasteiger partial charge in [-0.3, -0.25) is 15.0 Å². The minimum absolute atomic E-state index is 0.215. The van der Waals surface area contributed by atoms with Gasteiger partial charge in [0, 0.05) is 25.2 Å². The average molecular weight is 381 g/mol. The Bertz CT molecular complexity index is 907. The molecule has 7 heteroatoms. The fourth-order valence-electron chi connectivity index (χ4n) is 5.13. The SMILES string of the molecule is O=C1CCN(c2cnn3ccc(CC4CCN5CCCC[C@@H]5C4)cc23)C(=O)N1. The summed E-state index contributed by atoms with van der Waals surface area (Å²) in [4.78, 5) is 28.0. The predicted octanol–water partition coefficient (Wildman–Crippen LogP) is 2.59. The molecule has 3 amide bonds. The minimum atomic E-state index is -0.360.